The molecule has 7 heavy (non-hydrogen) atoms. The molecule has 1 radical (unpaired) electrons. The van der Waals surface area contributed by atoms with Crippen LogP contribution in [0.5, 0.6) is 0 Å². The van der Waals surface area contributed by atoms with E-state index in [2.05, 4.69) is 0 Å². The molecule has 1 nitrogen and oxygen atoms in total. The third-order valence-corrected chi connectivity index (χ3v) is 0.352. The fraction of sp³-hybridized carbons (Fsp3) is 0.600. The predicted octanol–water partition coefficient (Wildman–Crippen LogP) is 1.34. The van der Waals surface area contributed by atoms with Crippen LogP contribution in [0.4, 0.5) is 0 Å². The summed E-state index contributed by atoms with van der Waals surface area (Å²) in [7, 11) is 0. The van der Waals surface area contributed by atoms with E-state index in [4.69, 9.17) is 0 Å². The largest absolute Gasteiger partial charge is 0.542 e. The van der Waals surface area contributed by atoms with Gasteiger partial charge in [0.05, 0.1) is 0 Å². The molecular formula is C5H10OY-2. The minimum atomic E-state index is 0. The molecular weight excluding hydrogens is 165 g/mol. The smallest absolute Gasteiger partial charge is 0 e. The van der Waals surface area contributed by atoms with Gasteiger partial charge in [-0.2, -0.15) is 6.42 Å². The van der Waals surface area contributed by atoms with Gasteiger partial charge in [-0.3, -0.25) is 6.29 Å². The molecule has 0 N–H and O–H groups in total. The molecule has 0 spiro atoms. The van der Waals surface area contributed by atoms with Crippen LogP contribution in [0.2, 0.25) is 0 Å². The molecule has 0 unspecified atom stereocenters. The summed E-state index contributed by atoms with van der Waals surface area (Å²) in [5.41, 5.74) is 0. The Kier molecular flexibility index (Phi) is 35.5. The van der Waals surface area contributed by atoms with Crippen molar-refractivity contribution in [2.75, 3.05) is 0 Å². The first-order valence-electron chi connectivity index (χ1n) is 1.76. The molecule has 0 fully saturated rings. The Labute approximate surface area is 70.8 Å². The summed E-state index contributed by atoms with van der Waals surface area (Å²) in [6, 6.07) is 0. The Morgan fingerprint density at radius 2 is 2.00 bits per heavy atom. The van der Waals surface area contributed by atoms with Gasteiger partial charge in [0.15, 0.2) is 0 Å². The van der Waals surface area contributed by atoms with Crippen molar-refractivity contribution in [3.63, 3.8) is 0 Å². The van der Waals surface area contributed by atoms with Gasteiger partial charge in [-0.1, -0.05) is 13.3 Å². The zero-order valence-corrected chi connectivity index (χ0v) is 7.74. The van der Waals surface area contributed by atoms with E-state index in [0.717, 1.165) is 6.42 Å². The second-order valence-electron chi connectivity index (χ2n) is 0.894. The van der Waals surface area contributed by atoms with E-state index in [0.29, 0.717) is 6.42 Å². The van der Waals surface area contributed by atoms with E-state index in [9.17, 15) is 4.79 Å². The van der Waals surface area contributed by atoms with Gasteiger partial charge in [-0.05, 0) is 0 Å². The van der Waals surface area contributed by atoms with Gasteiger partial charge in [0.1, 0.15) is 0 Å². The van der Waals surface area contributed by atoms with Crippen LogP contribution in [0.1, 0.15) is 19.8 Å². The maximum absolute atomic E-state index is 9.28. The van der Waals surface area contributed by atoms with Crippen molar-refractivity contribution in [2.45, 2.75) is 19.8 Å². The van der Waals surface area contributed by atoms with Gasteiger partial charge in [-0.25, -0.2) is 0 Å². The zero-order chi connectivity index (χ0) is 4.12. The molecule has 0 heterocycles. The fourth-order valence-corrected chi connectivity index (χ4v) is 0.102. The van der Waals surface area contributed by atoms with E-state index in [1.165, 1.54) is 0 Å². The van der Waals surface area contributed by atoms with Crippen LogP contribution in [-0.4, -0.2) is 6.29 Å². The van der Waals surface area contributed by atoms with Gasteiger partial charge >= 0.3 is 0 Å². The summed E-state index contributed by atoms with van der Waals surface area (Å²) in [5, 5.41) is 0. The number of hydrogen-bond acceptors (Lipinski definition) is 1. The number of unbranched alkanes of at least 4 members (excludes halogenated alkanes) is 1. The number of hydrogen-bond donors (Lipinski definition) is 0. The monoisotopic (exact) mass is 175 g/mol. The standard InChI is InChI=1S/C4H7O.CH3.Y/c1-2-3-4-5;;/h2-3H2,1H3;1H3;/q2*-1;. The van der Waals surface area contributed by atoms with E-state index < -0.39 is 0 Å². The van der Waals surface area contributed by atoms with E-state index >= 15 is 0 Å². The quantitative estimate of drug-likeness (QED) is 0.579. The summed E-state index contributed by atoms with van der Waals surface area (Å²) in [6.07, 6.45) is 3.27. The summed E-state index contributed by atoms with van der Waals surface area (Å²) in [4.78, 5) is 9.28. The Balaban J connectivity index is -0.0000000800. The average molecular weight is 175 g/mol. The minimum Gasteiger partial charge on any atom is -0.542 e. The van der Waals surface area contributed by atoms with Crippen LogP contribution in [0, 0.1) is 7.43 Å². The number of carbonyl (C=O) groups excluding carboxylic acids is 1. The van der Waals surface area contributed by atoms with E-state index in [1.807, 2.05) is 6.92 Å². The fourth-order valence-electron chi connectivity index (χ4n) is 0.102. The summed E-state index contributed by atoms with van der Waals surface area (Å²) >= 11 is 0. The molecule has 0 saturated carbocycles. The topological polar surface area (TPSA) is 17.1 Å². The second-order valence-corrected chi connectivity index (χ2v) is 0.894. The van der Waals surface area contributed by atoms with Crippen molar-refractivity contribution in [1.82, 2.24) is 0 Å². The Hall–Kier alpha value is 0.774. The molecule has 0 amide bonds. The molecule has 41 valence electrons. The maximum Gasteiger partial charge on any atom is 0 e. The van der Waals surface area contributed by atoms with E-state index in [-0.39, 0.29) is 40.1 Å². The molecule has 0 aliphatic heterocycles. The molecule has 0 atom stereocenters. The van der Waals surface area contributed by atoms with Crippen molar-refractivity contribution in [3.8, 4) is 0 Å². The Morgan fingerprint density at radius 1 is 1.57 bits per heavy atom. The summed E-state index contributed by atoms with van der Waals surface area (Å²) in [6.45, 7) is 1.95. The zero-order valence-electron chi connectivity index (χ0n) is 4.90. The van der Waals surface area contributed by atoms with Gasteiger partial charge < -0.3 is 12.2 Å². The summed E-state index contributed by atoms with van der Waals surface area (Å²) in [5.74, 6) is 0. The summed E-state index contributed by atoms with van der Waals surface area (Å²) < 4.78 is 0. The van der Waals surface area contributed by atoms with Gasteiger partial charge in [0.2, 0.25) is 0 Å². The van der Waals surface area contributed by atoms with Crippen LogP contribution < -0.4 is 0 Å². The van der Waals surface area contributed by atoms with Crippen molar-refractivity contribution in [3.05, 3.63) is 7.43 Å². The first kappa shape index (κ1) is 15.7. The van der Waals surface area contributed by atoms with Crippen LogP contribution in [-0.2, 0) is 37.5 Å². The Bertz CT molecular complexity index is 29.3. The molecule has 2 heteroatoms. The normalized spacial score (nSPS) is 5.29. The molecule has 0 aromatic heterocycles. The van der Waals surface area contributed by atoms with Crippen molar-refractivity contribution < 1.29 is 37.5 Å². The molecule has 0 aromatic carbocycles. The van der Waals surface area contributed by atoms with Gasteiger partial charge in [0.25, 0.3) is 0 Å². The minimum absolute atomic E-state index is 0. The van der Waals surface area contributed by atoms with Crippen molar-refractivity contribution in [2.24, 2.45) is 0 Å². The van der Waals surface area contributed by atoms with Crippen LogP contribution in [0.15, 0.2) is 0 Å². The molecule has 0 aromatic rings. The molecule has 0 saturated heterocycles. The van der Waals surface area contributed by atoms with Crippen LogP contribution in [0.25, 0.3) is 0 Å². The van der Waals surface area contributed by atoms with Gasteiger partial charge in [0, 0.05) is 32.7 Å². The SMILES string of the molecule is CCC[C-]=O.[CH3-].[Y]. The Morgan fingerprint density at radius 3 is 2.00 bits per heavy atom. The molecule has 0 aliphatic rings. The first-order chi connectivity index (χ1) is 2.41. The molecule has 0 rings (SSSR count). The first-order valence-corrected chi connectivity index (χ1v) is 1.76. The van der Waals surface area contributed by atoms with Crippen LogP contribution >= 0.6 is 0 Å². The third kappa shape index (κ3) is 20.1. The average Bonchev–Trinajstić information content (AvgIpc) is 1.41. The number of rotatable bonds is 2. The maximum atomic E-state index is 9.28. The van der Waals surface area contributed by atoms with E-state index in [1.54, 1.807) is 6.29 Å². The third-order valence-electron chi connectivity index (χ3n) is 0.352. The van der Waals surface area contributed by atoms with Crippen molar-refractivity contribution >= 4 is 6.29 Å². The van der Waals surface area contributed by atoms with Crippen molar-refractivity contribution in [1.29, 1.82) is 0 Å². The van der Waals surface area contributed by atoms with Gasteiger partial charge in [-0.15, -0.1) is 0 Å². The predicted molar refractivity (Wildman–Crippen MR) is 27.0 cm³/mol. The van der Waals surface area contributed by atoms with Crippen LogP contribution in [0.3, 0.4) is 0 Å². The molecule has 0 bridgehead atoms. The molecule has 0 aliphatic carbocycles. The second kappa shape index (κ2) is 15.9.